The normalized spacial score (nSPS) is 28.5. The fourth-order valence-corrected chi connectivity index (χ4v) is 19.2. The van der Waals surface area contributed by atoms with E-state index in [0.29, 0.717) is 10.6 Å². The van der Waals surface area contributed by atoms with Gasteiger partial charge < -0.3 is 136 Å². The van der Waals surface area contributed by atoms with Crippen LogP contribution in [0.1, 0.15) is 160 Å². The fraction of sp³-hybridized carbons (Fsp3) is 0.408. The van der Waals surface area contributed by atoms with Crippen LogP contribution in [0, 0.1) is 11.8 Å². The van der Waals surface area contributed by atoms with E-state index in [-0.39, 0.29) is 83.9 Å². The van der Waals surface area contributed by atoms with Crippen molar-refractivity contribution in [2.45, 2.75) is 226 Å². The van der Waals surface area contributed by atoms with Gasteiger partial charge in [0.05, 0.1) is 52.9 Å². The Morgan fingerprint density at radius 2 is 1.29 bits per heavy atom. The second-order valence-electron chi connectivity index (χ2n) is 36.7. The highest BCUT2D eigenvalue weighted by Gasteiger charge is 2.54. The van der Waals surface area contributed by atoms with E-state index < -0.39 is 279 Å². The number of aliphatic carboxylic acids is 1. The summed E-state index contributed by atoms with van der Waals surface area (Å²) in [6.07, 6.45) is -26.9. The summed E-state index contributed by atoms with van der Waals surface area (Å²) in [6.45, 7) is 8.69. The molecule has 1 aliphatic carbocycles. The average molecular weight is 1980 g/mol. The molecule has 0 spiro atoms. The molecule has 139 heavy (non-hydrogen) atoms. The molecule has 8 aromatic carbocycles. The van der Waals surface area contributed by atoms with E-state index in [1.165, 1.54) is 87.6 Å². The smallest absolute Gasteiger partial charge is 0.410 e. The number of hydrogen-bond acceptors (Lipinski definition) is 31. The Labute approximate surface area is 810 Å². The number of aromatic hydroxyl groups is 1. The third kappa shape index (κ3) is 21.7. The first-order valence-corrected chi connectivity index (χ1v) is 45.8. The van der Waals surface area contributed by atoms with Gasteiger partial charge in [-0.2, -0.15) is 0 Å². The molecule has 3 saturated heterocycles. The maximum atomic E-state index is 16.9. The van der Waals surface area contributed by atoms with Crippen LogP contribution in [0.15, 0.2) is 152 Å². The summed E-state index contributed by atoms with van der Waals surface area (Å²) in [4.78, 5) is 150. The highest BCUT2D eigenvalue weighted by Crippen LogP contribution is 2.54. The summed E-state index contributed by atoms with van der Waals surface area (Å²) in [6, 6.07) is 25.1. The highest BCUT2D eigenvalue weighted by atomic mass is 35.5. The van der Waals surface area contributed by atoms with Crippen molar-refractivity contribution in [3.63, 3.8) is 0 Å². The molecular weight excluding hydrogens is 1880 g/mol. The number of Topliss-reactive ketones (excluding diaryl/α,β-unsaturated/α-hetero) is 2. The van der Waals surface area contributed by atoms with E-state index in [0.717, 1.165) is 58.0 Å². The molecule has 0 unspecified atom stereocenters. The zero-order valence-electron chi connectivity index (χ0n) is 75.9. The van der Waals surface area contributed by atoms with Crippen LogP contribution in [0.2, 0.25) is 15.1 Å². The molecule has 19 N–H and O–H groups in total. The number of halogens is 3. The number of nitrogens with two attached hydrogens (primary N) is 2. The Hall–Kier alpha value is -11.9. The largest absolute Gasteiger partial charge is 0.508 e. The number of fused-ring (bicyclic) bond motifs is 12. The van der Waals surface area contributed by atoms with Crippen LogP contribution in [-0.4, -0.2) is 226 Å². The Morgan fingerprint density at radius 1 is 0.669 bits per heavy atom. The standard InChI is InChI=1S/C98H105Cl3N8O30/c1-43(2)26-65(109(7)95(127)130-41-47-10-21-57(22-11-47)131-42-111)91(123)107-79-66(113)30-54(33-73(102)115)89(121)105-77-53-31-70(134-68-24-17-51(81(79)116)28-63(68)100)85(139-94-86(83(118)82(117)72(40-110)136-94)138-75-38-97(6,88(120)45(4)133-75)104-39-46-8-12-48(13-9-46)49-14-19-55(99)20-15-49)71(32-53)135-69-25-18-52(29-64(69)101)84(137-74-37-96(5,103)87(119)44(3)132-74)80-92(124)106-78(93(125)126)60-34-56(112)35-62-76(60)59-27-50(16-23-61(59)98(62,128)129)58(36-67(77)114)90(122)108-80/h8-25,27-29,31-32,34-35,42-45,54,58,65,72,74-75,77-84,86-88,94,104,110,112,116-120,128-129H,26,30,33,36-41,103H2,1-7H3,(H2,102,115)(H,105,121)(H,106,124)(H,107,123)(H,108,122)(H,125,126)/t44-,45-,54-,58+,65+,72+,74-,75-,77+,78-,79-,80-,81+,82+,83-,84+,86+,87-,88-,94-,96-,97-/m0/s1. The monoisotopic (exact) mass is 1980 g/mol. The van der Waals surface area contributed by atoms with Gasteiger partial charge in [-0.15, -0.1) is 0 Å². The zero-order valence-corrected chi connectivity index (χ0v) is 78.1. The van der Waals surface area contributed by atoms with Gasteiger partial charge in [0.25, 0.3) is 6.47 Å². The van der Waals surface area contributed by atoms with Crippen LogP contribution in [0.25, 0.3) is 22.3 Å². The minimum atomic E-state index is -3.07. The number of hydrogen-bond donors (Lipinski definition) is 17. The molecule has 3 fully saturated rings. The molecule has 9 aliphatic rings. The van der Waals surface area contributed by atoms with Crippen LogP contribution in [0.4, 0.5) is 4.79 Å². The predicted molar refractivity (Wildman–Crippen MR) is 492 cm³/mol. The molecule has 8 aliphatic heterocycles. The Kier molecular flexibility index (Phi) is 30.3. The molecule has 8 heterocycles. The van der Waals surface area contributed by atoms with Gasteiger partial charge in [0, 0.05) is 72.9 Å². The van der Waals surface area contributed by atoms with Crippen molar-refractivity contribution >= 4 is 94.4 Å². The number of ketones is 2. The van der Waals surface area contributed by atoms with Crippen molar-refractivity contribution in [3.8, 4) is 62.5 Å². The molecule has 8 aromatic rings. The van der Waals surface area contributed by atoms with Crippen LogP contribution < -0.4 is 57.0 Å². The molecule has 17 rings (SSSR count). The van der Waals surface area contributed by atoms with Gasteiger partial charge in [-0.3, -0.25) is 43.3 Å². The number of carbonyl (C=O) groups is 10. The SMILES string of the molecule is CC(C)C[C@H](C(=O)N[C@H]1C(=O)C[C@@H](CC(N)=O)C(=O)N[C@H]2C(=O)C[C@H]3C(=O)N[C@H](C(=O)N[C@H](C(=O)O)c4cc(O)cc5c4-c4cc3ccc4C5(O)O)[C@H](O[C@H]3C[C@](C)(N)[C@@H](O)[C@H](C)O3)c3ccc(c(Cl)c3)Oc3cc2cc(c3O[C@@H]2O[C@H](CO)[C@@H](O)[C@H](O)[C@H]2O[C@H]2C[C@](C)(NCc3ccc(-c4ccc(Cl)cc4)cc3)[C@@H](O)[C@H](C)O2)Oc2ccc(cc2Cl)[C@H]1O)N(C)C(=O)OCc1ccc(OC=O)cc1. The fourth-order valence-electron chi connectivity index (χ4n) is 18.6. The highest BCUT2D eigenvalue weighted by molar-refractivity contribution is 6.32. The lowest BCUT2D eigenvalue weighted by molar-refractivity contribution is -0.334. The lowest BCUT2D eigenvalue weighted by atomic mass is 9.84. The van der Waals surface area contributed by atoms with Crippen molar-refractivity contribution in [2.75, 3.05) is 13.7 Å². The number of likely N-dealkylation sites (N-methyl/N-ethyl adjacent to an activating group) is 1. The number of carboxylic acid groups (broad SMARTS) is 1. The van der Waals surface area contributed by atoms with Gasteiger partial charge in [0.1, 0.15) is 84.3 Å². The number of nitrogens with zero attached hydrogens (tertiary/aromatic N) is 1. The first-order chi connectivity index (χ1) is 65.9. The average Bonchev–Trinajstić information content (AvgIpc) is 1.56. The van der Waals surface area contributed by atoms with Gasteiger partial charge in [-0.25, -0.2) is 9.59 Å². The zero-order chi connectivity index (χ0) is 100. The van der Waals surface area contributed by atoms with Gasteiger partial charge in [-0.1, -0.05) is 121 Å². The molecule has 0 aromatic heterocycles. The molecule has 38 nitrogen and oxygen atoms in total. The summed E-state index contributed by atoms with van der Waals surface area (Å²) < 4.78 is 63.9. The van der Waals surface area contributed by atoms with Gasteiger partial charge >= 0.3 is 12.1 Å². The molecular formula is C98H105Cl3N8O30. The number of carbonyl (C=O) groups excluding carboxylic acids is 9. The number of phenols is 1. The van der Waals surface area contributed by atoms with E-state index in [1.807, 2.05) is 36.4 Å². The number of amides is 6. The molecule has 0 saturated carbocycles. The molecule has 11 bridgehead atoms. The van der Waals surface area contributed by atoms with Crippen LogP contribution in [0.3, 0.4) is 0 Å². The number of benzene rings is 8. The van der Waals surface area contributed by atoms with Gasteiger partial charge in [0.15, 0.2) is 47.8 Å². The topological polar surface area (TPSA) is 581 Å². The Bertz CT molecular complexity index is 6040. The number of ether oxygens (including phenoxy) is 10. The van der Waals surface area contributed by atoms with E-state index in [1.54, 1.807) is 39.8 Å². The quantitative estimate of drug-likeness (QED) is 0.0223. The Morgan fingerprint density at radius 3 is 1.91 bits per heavy atom. The lowest BCUT2D eigenvalue weighted by Crippen LogP contribution is -2.65. The molecule has 41 heteroatoms. The number of nitrogens with one attached hydrogen (secondary N) is 5. The predicted octanol–water partition coefficient (Wildman–Crippen LogP) is 7.14. The molecule has 738 valence electrons. The third-order valence-electron chi connectivity index (χ3n) is 26.2. The lowest BCUT2D eigenvalue weighted by Gasteiger charge is -2.48. The summed E-state index contributed by atoms with van der Waals surface area (Å²) >= 11 is 21.0. The van der Waals surface area contributed by atoms with Gasteiger partial charge in [-0.05, 0) is 180 Å². The van der Waals surface area contributed by atoms with E-state index in [2.05, 4.69) is 26.6 Å². The summed E-state index contributed by atoms with van der Waals surface area (Å²) in [5, 5.41) is 132. The van der Waals surface area contributed by atoms with Crippen molar-refractivity contribution in [1.29, 1.82) is 0 Å². The number of carboxylic acids is 1. The number of aliphatic hydroxyl groups excluding tert-OH is 6. The summed E-state index contributed by atoms with van der Waals surface area (Å²) in [5.41, 5.74) is 10.1. The van der Waals surface area contributed by atoms with E-state index in [4.69, 9.17) is 93.6 Å². The third-order valence-corrected chi connectivity index (χ3v) is 27.0. The van der Waals surface area contributed by atoms with Crippen molar-refractivity contribution in [2.24, 2.45) is 23.3 Å². The van der Waals surface area contributed by atoms with E-state index in [9.17, 15) is 70.2 Å². The van der Waals surface area contributed by atoms with Crippen molar-refractivity contribution < 1.29 is 146 Å². The van der Waals surface area contributed by atoms with Crippen molar-refractivity contribution in [1.82, 2.24) is 31.5 Å². The van der Waals surface area contributed by atoms with Crippen molar-refractivity contribution in [3.05, 3.63) is 217 Å². The number of aliphatic hydroxyl groups is 8. The first-order valence-electron chi connectivity index (χ1n) is 44.7. The maximum Gasteiger partial charge on any atom is 0.410 e. The number of primary amides is 1. The maximum absolute atomic E-state index is 16.9. The number of phenolic OH excluding ortho intramolecular Hbond substituents is 1. The van der Waals surface area contributed by atoms with Crippen LogP contribution in [0.5, 0.6) is 40.2 Å². The summed E-state index contributed by atoms with van der Waals surface area (Å²) in [7, 11) is 1.24. The van der Waals surface area contributed by atoms with Crippen LogP contribution in [-0.2, 0) is 90.5 Å². The van der Waals surface area contributed by atoms with Crippen LogP contribution >= 0.6 is 34.8 Å². The number of rotatable bonds is 23. The Balaban J connectivity index is 0.902. The molecule has 0 radical (unpaired) electrons. The van der Waals surface area contributed by atoms with Gasteiger partial charge in [0.2, 0.25) is 47.4 Å². The molecule has 6 amide bonds. The minimum Gasteiger partial charge on any atom is -0.508 e. The van der Waals surface area contributed by atoms with E-state index >= 15 is 28.8 Å². The first kappa shape index (κ1) is 102. The minimum absolute atomic E-state index is 0.119. The summed E-state index contributed by atoms with van der Waals surface area (Å²) in [5.74, 6) is -21.3. The second-order valence-corrected chi connectivity index (χ2v) is 38.0. The molecule has 22 atom stereocenters. The second kappa shape index (κ2) is 41.5.